The summed E-state index contributed by atoms with van der Waals surface area (Å²) in [5, 5.41) is 0. The molecule has 0 saturated carbocycles. The Kier molecular flexibility index (Phi) is 11.1. The highest BCUT2D eigenvalue weighted by Crippen LogP contribution is 2.48. The fourth-order valence-corrected chi connectivity index (χ4v) is 18.4. The van der Waals surface area contributed by atoms with Gasteiger partial charge in [-0.15, -0.1) is 0 Å². The second-order valence-corrected chi connectivity index (χ2v) is 23.7. The van der Waals surface area contributed by atoms with Gasteiger partial charge in [-0.3, -0.25) is 4.98 Å². The van der Waals surface area contributed by atoms with Gasteiger partial charge in [-0.05, 0) is 51.8 Å². The van der Waals surface area contributed by atoms with E-state index in [9.17, 15) is 0 Å². The van der Waals surface area contributed by atoms with Crippen LogP contribution in [0, 0.1) is 0 Å². The Morgan fingerprint density at radius 2 is 1.27 bits per heavy atom. The molecule has 0 aromatic carbocycles. The number of aromatic nitrogens is 1. The van der Waals surface area contributed by atoms with Gasteiger partial charge in [0.05, 0.1) is 18.0 Å². The minimum atomic E-state index is -2.21. The van der Waals surface area contributed by atoms with Crippen LogP contribution in [0.5, 0.6) is 0 Å². The Balaban J connectivity index is 2.76. The molecular formula is C30H56N2O3Si2. The molecule has 1 aliphatic heterocycles. The van der Waals surface area contributed by atoms with Crippen LogP contribution >= 0.6 is 0 Å². The Hall–Kier alpha value is -1.16. The van der Waals surface area contributed by atoms with E-state index in [0.717, 1.165) is 17.7 Å². The molecule has 5 nitrogen and oxygen atoms in total. The molecule has 0 fully saturated rings. The lowest BCUT2D eigenvalue weighted by Gasteiger charge is -2.51. The molecule has 0 aliphatic carbocycles. The van der Waals surface area contributed by atoms with E-state index in [4.69, 9.17) is 19.3 Å². The summed E-state index contributed by atoms with van der Waals surface area (Å²) in [6, 6.07) is 1.94. The Bertz CT molecular complexity index is 855. The number of nitrogen functional groups attached to an aromatic ring is 1. The predicted octanol–water partition coefficient (Wildman–Crippen LogP) is 8.93. The van der Waals surface area contributed by atoms with Crippen molar-refractivity contribution in [1.82, 2.24) is 4.98 Å². The zero-order valence-electron chi connectivity index (χ0n) is 26.0. The molecule has 0 saturated heterocycles. The van der Waals surface area contributed by atoms with Crippen molar-refractivity contribution < 1.29 is 13.6 Å². The third-order valence-electron chi connectivity index (χ3n) is 8.90. The normalized spacial score (nSPS) is 21.5. The summed E-state index contributed by atoms with van der Waals surface area (Å²) >= 11 is 0. The summed E-state index contributed by atoms with van der Waals surface area (Å²) in [4.78, 5) is 4.20. The molecule has 0 radical (unpaired) electrons. The zero-order valence-corrected chi connectivity index (χ0v) is 28.0. The number of hydrogen-bond acceptors (Lipinski definition) is 5. The van der Waals surface area contributed by atoms with Gasteiger partial charge in [0.2, 0.25) is 16.6 Å². The van der Waals surface area contributed by atoms with E-state index >= 15 is 0 Å². The first-order valence-corrected chi connectivity index (χ1v) is 18.9. The van der Waals surface area contributed by atoms with Crippen molar-refractivity contribution in [3.8, 4) is 0 Å². The van der Waals surface area contributed by atoms with Crippen LogP contribution in [0.2, 0.25) is 33.2 Å². The fraction of sp³-hybridized carbons (Fsp3) is 0.767. The van der Waals surface area contributed by atoms with Crippen LogP contribution in [0.25, 0.3) is 5.76 Å². The Labute approximate surface area is 230 Å². The second-order valence-electron chi connectivity index (χ2n) is 12.9. The lowest BCUT2D eigenvalue weighted by molar-refractivity contribution is -0.0452. The van der Waals surface area contributed by atoms with E-state index in [2.05, 4.69) is 101 Å². The molecule has 0 amide bonds. The molecule has 212 valence electrons. The first-order valence-electron chi connectivity index (χ1n) is 14.6. The summed E-state index contributed by atoms with van der Waals surface area (Å²) in [7, 11) is -4.40. The van der Waals surface area contributed by atoms with Crippen molar-refractivity contribution >= 4 is 28.1 Å². The van der Waals surface area contributed by atoms with Crippen molar-refractivity contribution in [2.24, 2.45) is 0 Å². The minimum Gasteiger partial charge on any atom is -0.487 e. The number of pyridine rings is 1. The SMILES string of the molecule is CC[C@H]1OC(c2ccncc2N)=C[C@@H](O[Si](C(C)C)(C(C)C)C(C)C)[C@@H]1O[Si](C(C)C)(C(C)C)C(C)C. The van der Waals surface area contributed by atoms with Crippen molar-refractivity contribution in [1.29, 1.82) is 0 Å². The van der Waals surface area contributed by atoms with Crippen LogP contribution in [-0.2, 0) is 13.6 Å². The van der Waals surface area contributed by atoms with E-state index < -0.39 is 16.6 Å². The molecule has 0 spiro atoms. The molecule has 0 bridgehead atoms. The van der Waals surface area contributed by atoms with Crippen LogP contribution in [0.15, 0.2) is 24.5 Å². The Morgan fingerprint density at radius 3 is 1.68 bits per heavy atom. The van der Waals surface area contributed by atoms with Crippen LogP contribution < -0.4 is 5.73 Å². The van der Waals surface area contributed by atoms with Crippen LogP contribution in [-0.4, -0.2) is 39.9 Å². The number of nitrogens with zero attached hydrogens (tertiary/aromatic N) is 1. The maximum atomic E-state index is 7.51. The monoisotopic (exact) mass is 548 g/mol. The fourth-order valence-electron chi connectivity index (χ4n) is 7.36. The Morgan fingerprint density at radius 1 is 0.811 bits per heavy atom. The number of nitrogens with two attached hydrogens (primary N) is 1. The molecule has 7 heteroatoms. The van der Waals surface area contributed by atoms with Gasteiger partial charge in [-0.2, -0.15) is 0 Å². The van der Waals surface area contributed by atoms with Gasteiger partial charge in [-0.1, -0.05) is 90.0 Å². The molecule has 0 unspecified atom stereocenters. The van der Waals surface area contributed by atoms with Crippen LogP contribution in [0.3, 0.4) is 0 Å². The summed E-state index contributed by atoms with van der Waals surface area (Å²) in [5.74, 6) is 0.793. The highest BCUT2D eigenvalue weighted by Gasteiger charge is 2.53. The van der Waals surface area contributed by atoms with E-state index in [-0.39, 0.29) is 18.3 Å². The molecule has 1 aliphatic rings. The summed E-state index contributed by atoms with van der Waals surface area (Å²) in [6.07, 6.45) is 6.03. The average Bonchev–Trinajstić information content (AvgIpc) is 2.79. The van der Waals surface area contributed by atoms with Crippen molar-refractivity contribution in [2.45, 2.75) is 148 Å². The summed E-state index contributed by atoms with van der Waals surface area (Å²) in [5.41, 5.74) is 10.7. The standard InChI is InChI=1S/C30H56N2O3Si2/c1-14-27-30(35-37(22(8)9,23(10)11)24(12)13)29(34-36(19(2)3,20(4)5)21(6)7)17-28(33-27)25-15-16-32-18-26(25)31/h15-24,27,29-30H,14,31H2,1-13H3/t27-,29-,30-/m1/s1. The lowest BCUT2D eigenvalue weighted by Crippen LogP contribution is -2.60. The number of hydrogen-bond donors (Lipinski definition) is 1. The van der Waals surface area contributed by atoms with Crippen molar-refractivity contribution in [3.63, 3.8) is 0 Å². The quantitative estimate of drug-likeness (QED) is 0.264. The molecule has 2 heterocycles. The van der Waals surface area contributed by atoms with Crippen LogP contribution in [0.1, 0.15) is 102 Å². The third kappa shape index (κ3) is 6.20. The highest BCUT2D eigenvalue weighted by atomic mass is 28.4. The average molecular weight is 549 g/mol. The maximum Gasteiger partial charge on any atom is 0.201 e. The maximum absolute atomic E-state index is 7.51. The molecule has 3 atom stereocenters. The summed E-state index contributed by atoms with van der Waals surface area (Å²) < 4.78 is 21.7. The van der Waals surface area contributed by atoms with Gasteiger partial charge in [0.25, 0.3) is 0 Å². The first-order chi connectivity index (χ1) is 17.2. The van der Waals surface area contributed by atoms with E-state index in [1.54, 1.807) is 12.4 Å². The lowest BCUT2D eigenvalue weighted by atomic mass is 10.00. The van der Waals surface area contributed by atoms with Gasteiger partial charge >= 0.3 is 0 Å². The minimum absolute atomic E-state index is 0.112. The molecule has 2 N–H and O–H groups in total. The first kappa shape index (κ1) is 32.1. The number of anilines is 1. The van der Waals surface area contributed by atoms with Crippen LogP contribution in [0.4, 0.5) is 5.69 Å². The second kappa shape index (κ2) is 12.8. The largest absolute Gasteiger partial charge is 0.487 e. The number of rotatable bonds is 12. The smallest absolute Gasteiger partial charge is 0.201 e. The van der Waals surface area contributed by atoms with Gasteiger partial charge in [0, 0.05) is 11.8 Å². The van der Waals surface area contributed by atoms with Gasteiger partial charge < -0.3 is 19.3 Å². The molecule has 37 heavy (non-hydrogen) atoms. The predicted molar refractivity (Wildman–Crippen MR) is 164 cm³/mol. The molecule has 1 aromatic heterocycles. The van der Waals surface area contributed by atoms with Gasteiger partial charge in [-0.25, -0.2) is 0 Å². The summed E-state index contributed by atoms with van der Waals surface area (Å²) in [6.45, 7) is 30.4. The topological polar surface area (TPSA) is 66.6 Å². The van der Waals surface area contributed by atoms with Gasteiger partial charge in [0.15, 0.2) is 0 Å². The van der Waals surface area contributed by atoms with E-state index in [1.165, 1.54) is 0 Å². The van der Waals surface area contributed by atoms with E-state index in [0.29, 0.717) is 38.9 Å². The highest BCUT2D eigenvalue weighted by molar-refractivity contribution is 6.78. The molecular weight excluding hydrogens is 493 g/mol. The zero-order chi connectivity index (χ0) is 28.3. The molecule has 1 aromatic rings. The van der Waals surface area contributed by atoms with Crippen molar-refractivity contribution in [2.75, 3.05) is 5.73 Å². The van der Waals surface area contributed by atoms with E-state index in [1.807, 2.05) is 6.07 Å². The third-order valence-corrected chi connectivity index (χ3v) is 21.1. The number of ether oxygens (including phenoxy) is 1. The van der Waals surface area contributed by atoms with Crippen molar-refractivity contribution in [3.05, 3.63) is 30.1 Å². The van der Waals surface area contributed by atoms with Gasteiger partial charge in [0.1, 0.15) is 18.0 Å². The molecule has 2 rings (SSSR count).